The van der Waals surface area contributed by atoms with Crippen LogP contribution in [0.5, 0.6) is 23.0 Å². The van der Waals surface area contributed by atoms with Crippen LogP contribution in [-0.4, -0.2) is 33.2 Å². The van der Waals surface area contributed by atoms with Crippen LogP contribution in [0.3, 0.4) is 0 Å². The zero-order chi connectivity index (χ0) is 19.1. The number of anilines is 1. The molecule has 26 heavy (non-hydrogen) atoms. The lowest BCUT2D eigenvalue weighted by Gasteiger charge is -2.20. The molecule has 0 heterocycles. The summed E-state index contributed by atoms with van der Waals surface area (Å²) in [4.78, 5) is 13.1. The quantitative estimate of drug-likeness (QED) is 0.543. The van der Waals surface area contributed by atoms with Crippen LogP contribution in [0.1, 0.15) is 30.1 Å². The number of methoxy groups -OCH3 is 3. The molecule has 0 aliphatic heterocycles. The highest BCUT2D eigenvalue weighted by Gasteiger charge is 2.27. The van der Waals surface area contributed by atoms with Gasteiger partial charge in [-0.3, -0.25) is 4.79 Å². The third-order valence-electron chi connectivity index (χ3n) is 3.95. The standard InChI is InChI=1S/C20H25NO5/c1-5-7-16(26-14-9-6-8-13(21)12-14)18(22)15-10-11-17(23-2)20(25-4)19(15)24-3/h6,8-12,16H,5,7,21H2,1-4H3. The Morgan fingerprint density at radius 1 is 1.04 bits per heavy atom. The van der Waals surface area contributed by atoms with E-state index in [0.717, 1.165) is 6.42 Å². The molecule has 1 unspecified atom stereocenters. The number of hydrogen-bond donors (Lipinski definition) is 1. The summed E-state index contributed by atoms with van der Waals surface area (Å²) in [5, 5.41) is 0. The zero-order valence-electron chi connectivity index (χ0n) is 15.6. The van der Waals surface area contributed by atoms with Gasteiger partial charge in [-0.15, -0.1) is 0 Å². The van der Waals surface area contributed by atoms with Crippen LogP contribution < -0.4 is 24.7 Å². The molecule has 0 aromatic heterocycles. The fourth-order valence-electron chi connectivity index (χ4n) is 2.73. The van der Waals surface area contributed by atoms with Gasteiger partial charge in [0.15, 0.2) is 17.6 Å². The van der Waals surface area contributed by atoms with Crippen LogP contribution in [0.25, 0.3) is 0 Å². The number of hydrogen-bond acceptors (Lipinski definition) is 6. The van der Waals surface area contributed by atoms with Gasteiger partial charge >= 0.3 is 0 Å². The summed E-state index contributed by atoms with van der Waals surface area (Å²) in [5.41, 5.74) is 6.76. The number of rotatable bonds is 9. The van der Waals surface area contributed by atoms with Crippen LogP contribution in [0.2, 0.25) is 0 Å². The number of benzene rings is 2. The van der Waals surface area contributed by atoms with E-state index in [0.29, 0.717) is 40.7 Å². The van der Waals surface area contributed by atoms with Crippen LogP contribution in [0, 0.1) is 0 Å². The molecule has 1 atom stereocenters. The van der Waals surface area contributed by atoms with Gasteiger partial charge in [0.1, 0.15) is 5.75 Å². The molecule has 0 saturated carbocycles. The Labute approximate surface area is 153 Å². The lowest BCUT2D eigenvalue weighted by atomic mass is 10.0. The van der Waals surface area contributed by atoms with E-state index in [-0.39, 0.29) is 5.78 Å². The molecule has 0 aliphatic carbocycles. The summed E-state index contributed by atoms with van der Waals surface area (Å²) in [7, 11) is 4.52. The minimum atomic E-state index is -0.659. The molecule has 0 aliphatic rings. The van der Waals surface area contributed by atoms with Crippen molar-refractivity contribution >= 4 is 11.5 Å². The third kappa shape index (κ3) is 4.20. The van der Waals surface area contributed by atoms with Crippen LogP contribution >= 0.6 is 0 Å². The molecule has 6 nitrogen and oxygen atoms in total. The first-order chi connectivity index (χ1) is 12.5. The smallest absolute Gasteiger partial charge is 0.207 e. The summed E-state index contributed by atoms with van der Waals surface area (Å²) in [6.45, 7) is 1.99. The second-order valence-electron chi connectivity index (χ2n) is 5.71. The van der Waals surface area contributed by atoms with E-state index in [2.05, 4.69) is 0 Å². The van der Waals surface area contributed by atoms with Gasteiger partial charge in [-0.25, -0.2) is 0 Å². The van der Waals surface area contributed by atoms with Crippen LogP contribution in [-0.2, 0) is 0 Å². The molecule has 140 valence electrons. The molecule has 0 radical (unpaired) electrons. The Morgan fingerprint density at radius 2 is 1.77 bits per heavy atom. The van der Waals surface area contributed by atoms with Crippen molar-refractivity contribution in [3.05, 3.63) is 42.0 Å². The topological polar surface area (TPSA) is 80.0 Å². The Balaban J connectivity index is 2.39. The van der Waals surface area contributed by atoms with Gasteiger partial charge in [-0.05, 0) is 30.7 Å². The molecule has 0 bridgehead atoms. The number of ether oxygens (including phenoxy) is 4. The van der Waals surface area contributed by atoms with Crippen molar-refractivity contribution in [2.24, 2.45) is 0 Å². The average molecular weight is 359 g/mol. The van der Waals surface area contributed by atoms with Crippen molar-refractivity contribution in [3.8, 4) is 23.0 Å². The largest absolute Gasteiger partial charge is 0.493 e. The molecule has 0 fully saturated rings. The molecule has 2 rings (SSSR count). The van der Waals surface area contributed by atoms with E-state index in [4.69, 9.17) is 24.7 Å². The number of nitrogens with two attached hydrogens (primary N) is 1. The van der Waals surface area contributed by atoms with Gasteiger partial charge in [0.05, 0.1) is 26.9 Å². The summed E-state index contributed by atoms with van der Waals surface area (Å²) in [6, 6.07) is 10.4. The maximum absolute atomic E-state index is 13.1. The van der Waals surface area contributed by atoms with E-state index in [1.54, 1.807) is 36.4 Å². The predicted octanol–water partition coefficient (Wildman–Crippen LogP) is 3.73. The highest BCUT2D eigenvalue weighted by molar-refractivity contribution is 6.03. The van der Waals surface area contributed by atoms with Crippen LogP contribution in [0.4, 0.5) is 5.69 Å². The highest BCUT2D eigenvalue weighted by Crippen LogP contribution is 2.40. The number of ketones is 1. The molecule has 0 amide bonds. The Bertz CT molecular complexity index is 760. The minimum absolute atomic E-state index is 0.188. The number of Topliss-reactive ketones (excluding diaryl/α,β-unsaturated/α-hetero) is 1. The first-order valence-electron chi connectivity index (χ1n) is 8.41. The third-order valence-corrected chi connectivity index (χ3v) is 3.95. The monoisotopic (exact) mass is 359 g/mol. The number of carbonyl (C=O) groups is 1. The van der Waals surface area contributed by atoms with E-state index in [1.165, 1.54) is 21.3 Å². The maximum atomic E-state index is 13.1. The molecular formula is C20H25NO5. The highest BCUT2D eigenvalue weighted by atomic mass is 16.5. The van der Waals surface area contributed by atoms with Crippen molar-refractivity contribution in [1.29, 1.82) is 0 Å². The summed E-state index contributed by atoms with van der Waals surface area (Å²) < 4.78 is 22.0. The zero-order valence-corrected chi connectivity index (χ0v) is 15.6. The van der Waals surface area contributed by atoms with Crippen molar-refractivity contribution < 1.29 is 23.7 Å². The fourth-order valence-corrected chi connectivity index (χ4v) is 2.73. The van der Waals surface area contributed by atoms with Gasteiger partial charge in [0, 0.05) is 11.8 Å². The van der Waals surface area contributed by atoms with Crippen molar-refractivity contribution in [2.45, 2.75) is 25.9 Å². The first-order valence-corrected chi connectivity index (χ1v) is 8.41. The van der Waals surface area contributed by atoms with Crippen molar-refractivity contribution in [3.63, 3.8) is 0 Å². The average Bonchev–Trinajstić information content (AvgIpc) is 2.65. The van der Waals surface area contributed by atoms with Crippen LogP contribution in [0.15, 0.2) is 36.4 Å². The molecule has 2 aromatic rings. The van der Waals surface area contributed by atoms with Gasteiger partial charge in [0.2, 0.25) is 11.5 Å². The normalized spacial score (nSPS) is 11.5. The number of nitrogen functional groups attached to an aromatic ring is 1. The Hall–Kier alpha value is -2.89. The molecule has 2 N–H and O–H groups in total. The summed E-state index contributed by atoms with van der Waals surface area (Å²) >= 11 is 0. The van der Waals surface area contributed by atoms with Gasteiger partial charge in [-0.2, -0.15) is 0 Å². The second kappa shape index (κ2) is 8.99. The second-order valence-corrected chi connectivity index (χ2v) is 5.71. The van der Waals surface area contributed by atoms with E-state index < -0.39 is 6.10 Å². The van der Waals surface area contributed by atoms with E-state index in [1.807, 2.05) is 6.92 Å². The Kier molecular flexibility index (Phi) is 6.72. The fraction of sp³-hybridized carbons (Fsp3) is 0.350. The van der Waals surface area contributed by atoms with Gasteiger partial charge < -0.3 is 24.7 Å². The minimum Gasteiger partial charge on any atom is -0.493 e. The van der Waals surface area contributed by atoms with E-state index >= 15 is 0 Å². The number of carbonyl (C=O) groups excluding carboxylic acids is 1. The Morgan fingerprint density at radius 3 is 2.35 bits per heavy atom. The summed E-state index contributed by atoms with van der Waals surface area (Å²) in [5.74, 6) is 1.56. The SMILES string of the molecule is CCCC(Oc1cccc(N)c1)C(=O)c1ccc(OC)c(OC)c1OC. The summed E-state index contributed by atoms with van der Waals surface area (Å²) in [6.07, 6.45) is 0.688. The maximum Gasteiger partial charge on any atom is 0.207 e. The molecule has 2 aromatic carbocycles. The predicted molar refractivity (Wildman–Crippen MR) is 101 cm³/mol. The lowest BCUT2D eigenvalue weighted by Crippen LogP contribution is -2.28. The van der Waals surface area contributed by atoms with Crippen molar-refractivity contribution in [1.82, 2.24) is 0 Å². The molecule has 6 heteroatoms. The first kappa shape index (κ1) is 19.4. The molecular weight excluding hydrogens is 334 g/mol. The van der Waals surface area contributed by atoms with Gasteiger partial charge in [-0.1, -0.05) is 19.4 Å². The van der Waals surface area contributed by atoms with E-state index in [9.17, 15) is 4.79 Å². The molecule has 0 spiro atoms. The molecule has 0 saturated heterocycles. The van der Waals surface area contributed by atoms with Crippen molar-refractivity contribution in [2.75, 3.05) is 27.1 Å². The lowest BCUT2D eigenvalue weighted by molar-refractivity contribution is 0.0773. The van der Waals surface area contributed by atoms with Gasteiger partial charge in [0.25, 0.3) is 0 Å².